The third-order valence-electron chi connectivity index (χ3n) is 2.52. The van der Waals surface area contributed by atoms with Gasteiger partial charge in [0, 0.05) is 6.04 Å². The van der Waals surface area contributed by atoms with E-state index in [1.165, 1.54) is 0 Å². The molecule has 0 aliphatic rings. The van der Waals surface area contributed by atoms with Crippen molar-refractivity contribution in [2.24, 2.45) is 5.73 Å². The lowest BCUT2D eigenvalue weighted by Gasteiger charge is -2.28. The fourth-order valence-electron chi connectivity index (χ4n) is 1.33. The lowest BCUT2D eigenvalue weighted by molar-refractivity contribution is -0.154. The predicted molar refractivity (Wildman–Crippen MR) is 63.7 cm³/mol. The van der Waals surface area contributed by atoms with Crippen LogP contribution >= 0.6 is 0 Å². The number of aliphatic carboxylic acids is 1. The summed E-state index contributed by atoms with van der Waals surface area (Å²) >= 11 is 0. The van der Waals surface area contributed by atoms with Gasteiger partial charge in [0.1, 0.15) is 6.54 Å². The minimum Gasteiger partial charge on any atom is -0.480 e. The van der Waals surface area contributed by atoms with E-state index in [2.05, 4.69) is 4.74 Å². The zero-order valence-electron chi connectivity index (χ0n) is 10.9. The second-order valence-electron chi connectivity index (χ2n) is 3.85. The van der Waals surface area contributed by atoms with Crippen LogP contribution in [0.5, 0.6) is 0 Å². The summed E-state index contributed by atoms with van der Waals surface area (Å²) in [7, 11) is 0. The lowest BCUT2D eigenvalue weighted by Crippen LogP contribution is -2.53. The number of hydrogen-bond acceptors (Lipinski definition) is 5. The van der Waals surface area contributed by atoms with E-state index in [4.69, 9.17) is 10.8 Å². The van der Waals surface area contributed by atoms with Gasteiger partial charge in [-0.15, -0.1) is 0 Å². The Morgan fingerprint density at radius 1 is 1.33 bits per heavy atom. The number of esters is 1. The number of amides is 1. The molecule has 0 rings (SSSR count). The third kappa shape index (κ3) is 4.70. The van der Waals surface area contributed by atoms with Gasteiger partial charge in [-0.2, -0.15) is 0 Å². The van der Waals surface area contributed by atoms with Crippen LogP contribution in [-0.2, 0) is 19.1 Å². The zero-order valence-corrected chi connectivity index (χ0v) is 10.9. The smallest absolute Gasteiger partial charge is 0.332 e. The van der Waals surface area contributed by atoms with E-state index in [0.717, 1.165) is 4.90 Å². The van der Waals surface area contributed by atoms with E-state index >= 15 is 0 Å². The summed E-state index contributed by atoms with van der Waals surface area (Å²) in [6, 6.07) is -1.78. The molecule has 0 heterocycles. The predicted octanol–water partition coefficient (Wildman–Crippen LogP) is -0.411. The molecule has 0 spiro atoms. The van der Waals surface area contributed by atoms with Gasteiger partial charge in [0.15, 0.2) is 6.04 Å². The Hall–Kier alpha value is -1.63. The molecule has 104 valence electrons. The van der Waals surface area contributed by atoms with Gasteiger partial charge in [-0.25, -0.2) is 4.79 Å². The molecule has 0 saturated carbocycles. The first-order valence-electron chi connectivity index (χ1n) is 5.79. The van der Waals surface area contributed by atoms with Crippen LogP contribution in [0.15, 0.2) is 0 Å². The van der Waals surface area contributed by atoms with Crippen LogP contribution < -0.4 is 5.73 Å². The van der Waals surface area contributed by atoms with E-state index in [1.54, 1.807) is 13.8 Å². The van der Waals surface area contributed by atoms with Crippen LogP contribution in [0, 0.1) is 0 Å². The molecule has 2 unspecified atom stereocenters. The maximum Gasteiger partial charge on any atom is 0.332 e. The average Bonchev–Trinajstić information content (AvgIpc) is 2.33. The second kappa shape index (κ2) is 7.65. The number of hydrogen-bond donors (Lipinski definition) is 2. The number of carboxylic acids is 1. The molecular weight excluding hydrogens is 240 g/mol. The average molecular weight is 260 g/mol. The highest BCUT2D eigenvalue weighted by molar-refractivity contribution is 6.02. The SMILES string of the molecule is CCOC(=O)C(N)C(=O)N(CC(=O)O)C(C)CC. The molecular formula is C11H20N2O5. The largest absolute Gasteiger partial charge is 0.480 e. The normalized spacial score (nSPS) is 13.6. The number of ether oxygens (including phenoxy) is 1. The maximum absolute atomic E-state index is 11.9. The first-order valence-corrected chi connectivity index (χ1v) is 5.79. The monoisotopic (exact) mass is 260 g/mol. The maximum atomic E-state index is 11.9. The topological polar surface area (TPSA) is 110 Å². The molecule has 0 aromatic heterocycles. The van der Waals surface area contributed by atoms with Crippen molar-refractivity contribution >= 4 is 17.8 Å². The van der Waals surface area contributed by atoms with Gasteiger partial charge in [0.05, 0.1) is 6.61 Å². The highest BCUT2D eigenvalue weighted by Crippen LogP contribution is 2.06. The minimum atomic E-state index is -1.47. The fraction of sp³-hybridized carbons (Fsp3) is 0.727. The van der Waals surface area contributed by atoms with E-state index in [0.29, 0.717) is 6.42 Å². The van der Waals surface area contributed by atoms with Gasteiger partial charge >= 0.3 is 11.9 Å². The Morgan fingerprint density at radius 3 is 2.28 bits per heavy atom. The molecule has 0 aromatic rings. The molecule has 0 saturated heterocycles. The molecule has 7 heteroatoms. The van der Waals surface area contributed by atoms with Crippen molar-refractivity contribution in [3.05, 3.63) is 0 Å². The first kappa shape index (κ1) is 16.4. The number of carbonyl (C=O) groups excluding carboxylic acids is 2. The number of nitrogens with two attached hydrogens (primary N) is 1. The van der Waals surface area contributed by atoms with Crippen molar-refractivity contribution in [2.45, 2.75) is 39.3 Å². The molecule has 0 radical (unpaired) electrons. The van der Waals surface area contributed by atoms with Gasteiger partial charge < -0.3 is 20.5 Å². The van der Waals surface area contributed by atoms with Gasteiger partial charge in [0.2, 0.25) is 0 Å². The van der Waals surface area contributed by atoms with Gasteiger partial charge in [-0.3, -0.25) is 9.59 Å². The van der Waals surface area contributed by atoms with Crippen molar-refractivity contribution in [1.82, 2.24) is 4.90 Å². The summed E-state index contributed by atoms with van der Waals surface area (Å²) in [6.07, 6.45) is 0.564. The van der Waals surface area contributed by atoms with Crippen LogP contribution in [0.3, 0.4) is 0 Å². The molecule has 0 bridgehead atoms. The summed E-state index contributed by atoms with van der Waals surface area (Å²) in [5.74, 6) is -2.73. The third-order valence-corrected chi connectivity index (χ3v) is 2.52. The Morgan fingerprint density at radius 2 is 1.89 bits per heavy atom. The van der Waals surface area contributed by atoms with Gasteiger partial charge in [0.25, 0.3) is 5.91 Å². The quantitative estimate of drug-likeness (QED) is 0.475. The van der Waals surface area contributed by atoms with Crippen LogP contribution in [0.1, 0.15) is 27.2 Å². The number of carboxylic acid groups (broad SMARTS) is 1. The van der Waals surface area contributed by atoms with Crippen LogP contribution in [0.25, 0.3) is 0 Å². The summed E-state index contributed by atoms with van der Waals surface area (Å²) < 4.78 is 4.63. The van der Waals surface area contributed by atoms with E-state index in [-0.39, 0.29) is 12.6 Å². The van der Waals surface area contributed by atoms with Crippen LogP contribution in [0.2, 0.25) is 0 Å². The number of carbonyl (C=O) groups is 3. The van der Waals surface area contributed by atoms with Crippen molar-refractivity contribution < 1.29 is 24.2 Å². The summed E-state index contributed by atoms with van der Waals surface area (Å²) in [6.45, 7) is 4.73. The van der Waals surface area contributed by atoms with Crippen molar-refractivity contribution in [3.8, 4) is 0 Å². The highest BCUT2D eigenvalue weighted by atomic mass is 16.5. The van der Waals surface area contributed by atoms with Crippen LogP contribution in [-0.4, -0.2) is 53.1 Å². The molecule has 18 heavy (non-hydrogen) atoms. The summed E-state index contributed by atoms with van der Waals surface area (Å²) in [5, 5.41) is 8.75. The molecule has 3 N–H and O–H groups in total. The van der Waals surface area contributed by atoms with Crippen molar-refractivity contribution in [2.75, 3.05) is 13.2 Å². The first-order chi connectivity index (χ1) is 8.34. The lowest BCUT2D eigenvalue weighted by atomic mass is 10.1. The standard InChI is InChI=1S/C11H20N2O5/c1-4-7(3)13(6-8(14)15)10(16)9(12)11(17)18-5-2/h7,9H,4-6,12H2,1-3H3,(H,14,15). The van der Waals surface area contributed by atoms with Gasteiger partial charge in [-0.1, -0.05) is 6.92 Å². The second-order valence-corrected chi connectivity index (χ2v) is 3.85. The zero-order chi connectivity index (χ0) is 14.3. The molecule has 0 aromatic carbocycles. The Kier molecular flexibility index (Phi) is 6.96. The molecule has 7 nitrogen and oxygen atoms in total. The van der Waals surface area contributed by atoms with Crippen molar-refractivity contribution in [3.63, 3.8) is 0 Å². The van der Waals surface area contributed by atoms with E-state index < -0.39 is 30.4 Å². The Balaban J connectivity index is 4.83. The number of nitrogens with zero attached hydrogens (tertiary/aromatic N) is 1. The molecule has 2 atom stereocenters. The van der Waals surface area contributed by atoms with Crippen LogP contribution in [0.4, 0.5) is 0 Å². The Labute approximate surface area is 106 Å². The fourth-order valence-corrected chi connectivity index (χ4v) is 1.33. The minimum absolute atomic E-state index is 0.113. The Bertz CT molecular complexity index is 319. The summed E-state index contributed by atoms with van der Waals surface area (Å²) in [4.78, 5) is 35.1. The number of rotatable bonds is 7. The summed E-state index contributed by atoms with van der Waals surface area (Å²) in [5.41, 5.74) is 5.46. The molecule has 0 aliphatic heterocycles. The van der Waals surface area contributed by atoms with E-state index in [9.17, 15) is 14.4 Å². The van der Waals surface area contributed by atoms with E-state index in [1.807, 2.05) is 6.92 Å². The van der Waals surface area contributed by atoms with Gasteiger partial charge in [-0.05, 0) is 20.3 Å². The molecule has 0 fully saturated rings. The highest BCUT2D eigenvalue weighted by Gasteiger charge is 2.31. The molecule has 0 aliphatic carbocycles. The molecule has 1 amide bonds. The van der Waals surface area contributed by atoms with Crippen molar-refractivity contribution in [1.29, 1.82) is 0 Å².